The van der Waals surface area contributed by atoms with Crippen LogP contribution in [0.25, 0.3) is 0 Å². The van der Waals surface area contributed by atoms with E-state index >= 15 is 0 Å². The van der Waals surface area contributed by atoms with Crippen molar-refractivity contribution in [3.05, 3.63) is 11.6 Å². The molecule has 1 saturated carbocycles. The minimum atomic E-state index is 0.580. The minimum Gasteiger partial charge on any atom is -0.378 e. The summed E-state index contributed by atoms with van der Waals surface area (Å²) in [4.78, 5) is 0. The molecule has 0 aromatic heterocycles. The Morgan fingerprint density at radius 2 is 2.42 bits per heavy atom. The third kappa shape index (κ3) is 1.56. The van der Waals surface area contributed by atoms with E-state index in [1.807, 2.05) is 0 Å². The van der Waals surface area contributed by atoms with Crippen LogP contribution in [0.15, 0.2) is 11.6 Å². The first-order chi connectivity index (χ1) is 5.90. The van der Waals surface area contributed by atoms with E-state index in [-0.39, 0.29) is 0 Å². The number of ether oxygens (including phenoxy) is 1. The topological polar surface area (TPSA) is 9.23 Å². The number of unbranched alkanes of at least 4 members (excludes halogenated alkanes) is 1. The zero-order chi connectivity index (χ0) is 8.39. The zero-order valence-electron chi connectivity index (χ0n) is 7.88. The number of fused-ring (bicyclic) bond motifs is 2. The summed E-state index contributed by atoms with van der Waals surface area (Å²) in [6, 6.07) is 0. The molecule has 0 heterocycles. The van der Waals surface area contributed by atoms with Crippen LogP contribution in [0.4, 0.5) is 0 Å². The van der Waals surface area contributed by atoms with Crippen molar-refractivity contribution in [1.29, 1.82) is 0 Å². The van der Waals surface area contributed by atoms with E-state index in [1.54, 1.807) is 5.57 Å². The molecular formula is C11H18O. The van der Waals surface area contributed by atoms with Gasteiger partial charge in [0.05, 0.1) is 6.10 Å². The van der Waals surface area contributed by atoms with E-state index in [0.29, 0.717) is 6.10 Å². The Kier molecular flexibility index (Phi) is 2.50. The van der Waals surface area contributed by atoms with Gasteiger partial charge in [-0.3, -0.25) is 0 Å². The van der Waals surface area contributed by atoms with Crippen molar-refractivity contribution in [2.45, 2.75) is 45.1 Å². The molecule has 0 N–H and O–H groups in total. The summed E-state index contributed by atoms with van der Waals surface area (Å²) >= 11 is 0. The van der Waals surface area contributed by atoms with Crippen LogP contribution in [-0.2, 0) is 4.74 Å². The van der Waals surface area contributed by atoms with Crippen LogP contribution >= 0.6 is 0 Å². The molecule has 12 heavy (non-hydrogen) atoms. The molecule has 2 unspecified atom stereocenters. The van der Waals surface area contributed by atoms with Crippen LogP contribution in [0.3, 0.4) is 0 Å². The Bertz CT molecular complexity index is 183. The van der Waals surface area contributed by atoms with E-state index in [2.05, 4.69) is 13.0 Å². The van der Waals surface area contributed by atoms with Gasteiger partial charge in [0.2, 0.25) is 0 Å². The summed E-state index contributed by atoms with van der Waals surface area (Å²) in [5.41, 5.74) is 1.65. The summed E-state index contributed by atoms with van der Waals surface area (Å²) in [6.07, 6.45) is 9.31. The van der Waals surface area contributed by atoms with Crippen LogP contribution in [0.1, 0.15) is 39.0 Å². The van der Waals surface area contributed by atoms with Gasteiger partial charge in [-0.15, -0.1) is 0 Å². The molecule has 2 aliphatic carbocycles. The number of rotatable bonds is 4. The highest BCUT2D eigenvalue weighted by molar-refractivity contribution is 5.19. The molecule has 2 bridgehead atoms. The minimum absolute atomic E-state index is 0.580. The van der Waals surface area contributed by atoms with Crippen molar-refractivity contribution in [2.75, 3.05) is 6.61 Å². The molecule has 2 rings (SSSR count). The van der Waals surface area contributed by atoms with Crippen LogP contribution in [0.2, 0.25) is 0 Å². The quantitative estimate of drug-likeness (QED) is 0.461. The Morgan fingerprint density at radius 3 is 3.00 bits per heavy atom. The summed E-state index contributed by atoms with van der Waals surface area (Å²) in [7, 11) is 0. The predicted molar refractivity (Wildman–Crippen MR) is 50.1 cm³/mol. The fraction of sp³-hybridized carbons (Fsp3) is 0.818. The molecule has 68 valence electrons. The van der Waals surface area contributed by atoms with Crippen molar-refractivity contribution < 1.29 is 4.74 Å². The van der Waals surface area contributed by atoms with E-state index in [9.17, 15) is 0 Å². The molecule has 0 saturated heterocycles. The van der Waals surface area contributed by atoms with E-state index < -0.39 is 0 Å². The van der Waals surface area contributed by atoms with Gasteiger partial charge in [-0.05, 0) is 31.6 Å². The molecule has 2 atom stereocenters. The number of hydrogen-bond acceptors (Lipinski definition) is 1. The molecule has 2 aliphatic rings. The van der Waals surface area contributed by atoms with Gasteiger partial charge in [0.25, 0.3) is 0 Å². The van der Waals surface area contributed by atoms with E-state index in [4.69, 9.17) is 4.74 Å². The van der Waals surface area contributed by atoms with E-state index in [1.165, 1.54) is 32.1 Å². The van der Waals surface area contributed by atoms with E-state index in [0.717, 1.165) is 12.5 Å². The Labute approximate surface area is 74.8 Å². The van der Waals surface area contributed by atoms with Crippen molar-refractivity contribution in [1.82, 2.24) is 0 Å². The molecule has 1 nitrogen and oxygen atoms in total. The SMILES string of the molecule is CCCCOC1CC2=CCC1C2. The molecule has 0 aliphatic heterocycles. The highest BCUT2D eigenvalue weighted by Gasteiger charge is 2.34. The average molecular weight is 166 g/mol. The van der Waals surface area contributed by atoms with Crippen LogP contribution in [0, 0.1) is 5.92 Å². The van der Waals surface area contributed by atoms with Gasteiger partial charge in [0.1, 0.15) is 0 Å². The lowest BCUT2D eigenvalue weighted by atomic mass is 10.0. The first-order valence-electron chi connectivity index (χ1n) is 5.19. The summed E-state index contributed by atoms with van der Waals surface area (Å²) in [5.74, 6) is 0.844. The van der Waals surface area contributed by atoms with Crippen molar-refractivity contribution in [3.63, 3.8) is 0 Å². The molecule has 1 heteroatoms. The van der Waals surface area contributed by atoms with Gasteiger partial charge in [0, 0.05) is 6.61 Å². The molecule has 0 aromatic rings. The summed E-state index contributed by atoms with van der Waals surface area (Å²) in [6.45, 7) is 3.19. The largest absolute Gasteiger partial charge is 0.378 e. The maximum Gasteiger partial charge on any atom is 0.0646 e. The molecule has 0 radical (unpaired) electrons. The fourth-order valence-electron chi connectivity index (χ4n) is 2.27. The molecular weight excluding hydrogens is 148 g/mol. The lowest BCUT2D eigenvalue weighted by Gasteiger charge is -2.19. The first kappa shape index (κ1) is 8.31. The Hall–Kier alpha value is -0.300. The Morgan fingerprint density at radius 1 is 1.50 bits per heavy atom. The fourth-order valence-corrected chi connectivity index (χ4v) is 2.27. The van der Waals surface area contributed by atoms with Gasteiger partial charge in [-0.2, -0.15) is 0 Å². The van der Waals surface area contributed by atoms with Gasteiger partial charge in [0.15, 0.2) is 0 Å². The maximum atomic E-state index is 5.84. The second-order valence-electron chi connectivity index (χ2n) is 4.03. The standard InChI is InChI=1S/C11H18O/c1-2-3-6-12-11-8-9-4-5-10(11)7-9/h4,10-11H,2-3,5-8H2,1H3. The monoisotopic (exact) mass is 166 g/mol. The van der Waals surface area contributed by atoms with Crippen LogP contribution < -0.4 is 0 Å². The smallest absolute Gasteiger partial charge is 0.0646 e. The first-order valence-corrected chi connectivity index (χ1v) is 5.19. The summed E-state index contributed by atoms with van der Waals surface area (Å²) < 4.78 is 5.84. The van der Waals surface area contributed by atoms with Gasteiger partial charge in [-0.1, -0.05) is 25.0 Å². The third-order valence-corrected chi connectivity index (χ3v) is 3.05. The normalized spacial score (nSPS) is 32.6. The number of allylic oxidation sites excluding steroid dienone is 1. The lowest BCUT2D eigenvalue weighted by molar-refractivity contribution is 0.0265. The second-order valence-corrected chi connectivity index (χ2v) is 4.03. The summed E-state index contributed by atoms with van der Waals surface area (Å²) in [5, 5.41) is 0. The predicted octanol–water partition coefficient (Wildman–Crippen LogP) is 2.91. The van der Waals surface area contributed by atoms with Crippen molar-refractivity contribution in [2.24, 2.45) is 5.92 Å². The van der Waals surface area contributed by atoms with Crippen LogP contribution in [-0.4, -0.2) is 12.7 Å². The maximum absolute atomic E-state index is 5.84. The molecule has 0 spiro atoms. The molecule has 0 aromatic carbocycles. The van der Waals surface area contributed by atoms with Gasteiger partial charge >= 0.3 is 0 Å². The Balaban J connectivity index is 1.73. The van der Waals surface area contributed by atoms with Crippen molar-refractivity contribution in [3.8, 4) is 0 Å². The molecule has 0 amide bonds. The lowest BCUT2D eigenvalue weighted by Crippen LogP contribution is -2.19. The zero-order valence-corrected chi connectivity index (χ0v) is 7.88. The van der Waals surface area contributed by atoms with Gasteiger partial charge < -0.3 is 4.74 Å². The van der Waals surface area contributed by atoms with Crippen LogP contribution in [0.5, 0.6) is 0 Å². The molecule has 1 fully saturated rings. The highest BCUT2D eigenvalue weighted by atomic mass is 16.5. The third-order valence-electron chi connectivity index (χ3n) is 3.05. The number of hydrogen-bond donors (Lipinski definition) is 0. The van der Waals surface area contributed by atoms with Gasteiger partial charge in [-0.25, -0.2) is 0 Å². The second kappa shape index (κ2) is 3.61. The average Bonchev–Trinajstić information content (AvgIpc) is 2.65. The van der Waals surface area contributed by atoms with Crippen molar-refractivity contribution >= 4 is 0 Å². The highest BCUT2D eigenvalue weighted by Crippen LogP contribution is 2.41.